The number of benzene rings is 1. The smallest absolute Gasteiger partial charge is 0.0917 e. The molecule has 0 saturated heterocycles. The Balaban J connectivity index is 2.38. The summed E-state index contributed by atoms with van der Waals surface area (Å²) in [5.74, 6) is 1.06. The Morgan fingerprint density at radius 2 is 1.89 bits per heavy atom. The Morgan fingerprint density at radius 3 is 2.47 bits per heavy atom. The third kappa shape index (κ3) is 6.46. The molecule has 1 aromatic rings. The highest BCUT2D eigenvalue weighted by Gasteiger charge is 2.14. The molecule has 0 aliphatic carbocycles. The minimum absolute atomic E-state index is 0.296. The van der Waals surface area contributed by atoms with Crippen LogP contribution in [0.3, 0.4) is 0 Å². The molecular formula is C16H27NOS. The molecule has 2 nitrogen and oxygen atoms in total. The van der Waals surface area contributed by atoms with E-state index in [4.69, 9.17) is 0 Å². The minimum Gasteiger partial charge on any atom is -0.387 e. The lowest BCUT2D eigenvalue weighted by Gasteiger charge is -2.22. The van der Waals surface area contributed by atoms with Gasteiger partial charge in [-0.25, -0.2) is 0 Å². The van der Waals surface area contributed by atoms with E-state index in [9.17, 15) is 5.11 Å². The molecule has 2 unspecified atom stereocenters. The molecule has 0 aliphatic heterocycles. The first-order valence-corrected chi connectivity index (χ1v) is 7.89. The monoisotopic (exact) mass is 281 g/mol. The molecule has 3 heteroatoms. The van der Waals surface area contributed by atoms with Crippen LogP contribution in [-0.2, 0) is 0 Å². The van der Waals surface area contributed by atoms with Crippen molar-refractivity contribution in [2.45, 2.75) is 51.5 Å². The summed E-state index contributed by atoms with van der Waals surface area (Å²) in [7, 11) is 0. The molecule has 0 radical (unpaired) electrons. The van der Waals surface area contributed by atoms with Crippen molar-refractivity contribution >= 4 is 11.8 Å². The van der Waals surface area contributed by atoms with Crippen LogP contribution in [0.4, 0.5) is 0 Å². The lowest BCUT2D eigenvalue weighted by Crippen LogP contribution is -2.33. The SMILES string of the molecule is Cc1ccccc1C(O)CNC(C)CSC(C)(C)C. The van der Waals surface area contributed by atoms with Gasteiger partial charge in [-0.15, -0.1) is 0 Å². The molecule has 0 amide bonds. The van der Waals surface area contributed by atoms with Crippen LogP contribution < -0.4 is 5.32 Å². The van der Waals surface area contributed by atoms with Gasteiger partial charge >= 0.3 is 0 Å². The van der Waals surface area contributed by atoms with Crippen LogP contribution in [0.15, 0.2) is 24.3 Å². The molecule has 0 spiro atoms. The quantitative estimate of drug-likeness (QED) is 0.836. The van der Waals surface area contributed by atoms with Crippen molar-refractivity contribution in [2.24, 2.45) is 0 Å². The van der Waals surface area contributed by atoms with Crippen molar-refractivity contribution in [1.82, 2.24) is 5.32 Å². The van der Waals surface area contributed by atoms with Crippen molar-refractivity contribution in [1.29, 1.82) is 0 Å². The molecule has 1 aromatic carbocycles. The number of hydrogen-bond acceptors (Lipinski definition) is 3. The van der Waals surface area contributed by atoms with Crippen LogP contribution in [0.25, 0.3) is 0 Å². The summed E-state index contributed by atoms with van der Waals surface area (Å²) in [5, 5.41) is 13.6. The second-order valence-electron chi connectivity index (χ2n) is 6.11. The maximum Gasteiger partial charge on any atom is 0.0917 e. The Morgan fingerprint density at radius 1 is 1.26 bits per heavy atom. The Bertz CT molecular complexity index is 387. The first-order valence-electron chi connectivity index (χ1n) is 6.90. The Kier molecular flexibility index (Phi) is 6.37. The van der Waals surface area contributed by atoms with Crippen LogP contribution in [-0.4, -0.2) is 28.2 Å². The summed E-state index contributed by atoms with van der Waals surface area (Å²) >= 11 is 1.95. The van der Waals surface area contributed by atoms with Crippen LogP contribution in [0, 0.1) is 6.92 Å². The molecule has 0 heterocycles. The number of hydrogen-bond donors (Lipinski definition) is 2. The van der Waals surface area contributed by atoms with E-state index in [1.54, 1.807) is 0 Å². The molecule has 0 aliphatic rings. The van der Waals surface area contributed by atoms with Gasteiger partial charge in [0.2, 0.25) is 0 Å². The van der Waals surface area contributed by atoms with E-state index >= 15 is 0 Å². The highest BCUT2D eigenvalue weighted by atomic mass is 32.2. The third-order valence-electron chi connectivity index (χ3n) is 2.97. The van der Waals surface area contributed by atoms with Crippen LogP contribution in [0.1, 0.15) is 44.9 Å². The fourth-order valence-electron chi connectivity index (χ4n) is 1.82. The van der Waals surface area contributed by atoms with Gasteiger partial charge in [0, 0.05) is 23.1 Å². The summed E-state index contributed by atoms with van der Waals surface area (Å²) in [4.78, 5) is 0. The first-order chi connectivity index (χ1) is 8.79. The maximum atomic E-state index is 10.2. The molecule has 0 bridgehead atoms. The Labute approximate surface area is 122 Å². The molecule has 0 aromatic heterocycles. The third-order valence-corrected chi connectivity index (χ3v) is 4.51. The van der Waals surface area contributed by atoms with E-state index in [1.165, 1.54) is 0 Å². The predicted octanol–water partition coefficient (Wildman–Crippen LogP) is 3.54. The number of thioether (sulfide) groups is 1. The predicted molar refractivity (Wildman–Crippen MR) is 85.8 cm³/mol. The van der Waals surface area contributed by atoms with Crippen molar-refractivity contribution in [3.63, 3.8) is 0 Å². The van der Waals surface area contributed by atoms with Gasteiger partial charge in [0.1, 0.15) is 0 Å². The number of rotatable bonds is 6. The lowest BCUT2D eigenvalue weighted by molar-refractivity contribution is 0.171. The average molecular weight is 281 g/mol. The highest BCUT2D eigenvalue weighted by Crippen LogP contribution is 2.23. The van der Waals surface area contributed by atoms with E-state index in [2.05, 4.69) is 33.0 Å². The van der Waals surface area contributed by atoms with Gasteiger partial charge in [0.15, 0.2) is 0 Å². The highest BCUT2D eigenvalue weighted by molar-refractivity contribution is 8.00. The second-order valence-corrected chi connectivity index (χ2v) is 7.95. The van der Waals surface area contributed by atoms with Crippen molar-refractivity contribution in [3.05, 3.63) is 35.4 Å². The normalized spacial score (nSPS) is 15.3. The van der Waals surface area contributed by atoms with Crippen LogP contribution in [0.5, 0.6) is 0 Å². The zero-order chi connectivity index (χ0) is 14.5. The summed E-state index contributed by atoms with van der Waals surface area (Å²) in [6.07, 6.45) is -0.428. The molecular weight excluding hydrogens is 254 g/mol. The molecule has 2 atom stereocenters. The summed E-state index contributed by atoms with van der Waals surface area (Å²) < 4.78 is 0.296. The van der Waals surface area contributed by atoms with Gasteiger partial charge in [-0.1, -0.05) is 45.0 Å². The van der Waals surface area contributed by atoms with Gasteiger partial charge in [-0.2, -0.15) is 11.8 Å². The van der Waals surface area contributed by atoms with E-state index in [0.717, 1.165) is 16.9 Å². The van der Waals surface area contributed by atoms with E-state index in [-0.39, 0.29) is 0 Å². The van der Waals surface area contributed by atoms with Crippen molar-refractivity contribution in [2.75, 3.05) is 12.3 Å². The fourth-order valence-corrected chi connectivity index (χ4v) is 2.69. The maximum absolute atomic E-state index is 10.2. The number of aliphatic hydroxyl groups excluding tert-OH is 1. The average Bonchev–Trinajstić information content (AvgIpc) is 2.33. The standard InChI is InChI=1S/C16H27NOS/c1-12-8-6-7-9-14(12)15(18)10-17-13(2)11-19-16(3,4)5/h6-9,13,15,17-18H,10-11H2,1-5H3. The first kappa shape index (κ1) is 16.5. The summed E-state index contributed by atoms with van der Waals surface area (Å²) in [5.41, 5.74) is 2.17. The van der Waals surface area contributed by atoms with E-state index in [1.807, 2.05) is 43.0 Å². The summed E-state index contributed by atoms with van der Waals surface area (Å²) in [6.45, 7) is 11.5. The lowest BCUT2D eigenvalue weighted by atomic mass is 10.0. The van der Waals surface area contributed by atoms with Crippen LogP contribution in [0.2, 0.25) is 0 Å². The van der Waals surface area contributed by atoms with E-state index < -0.39 is 6.10 Å². The fraction of sp³-hybridized carbons (Fsp3) is 0.625. The zero-order valence-electron chi connectivity index (χ0n) is 12.7. The van der Waals surface area contributed by atoms with Crippen LogP contribution >= 0.6 is 11.8 Å². The van der Waals surface area contributed by atoms with Gasteiger partial charge in [0.05, 0.1) is 6.10 Å². The molecule has 0 saturated carbocycles. The van der Waals surface area contributed by atoms with Gasteiger partial charge in [-0.05, 0) is 25.0 Å². The van der Waals surface area contributed by atoms with Crippen molar-refractivity contribution in [3.8, 4) is 0 Å². The number of nitrogens with one attached hydrogen (secondary N) is 1. The summed E-state index contributed by atoms with van der Waals surface area (Å²) in [6, 6.07) is 8.42. The zero-order valence-corrected chi connectivity index (χ0v) is 13.6. The van der Waals surface area contributed by atoms with Gasteiger partial charge in [-0.3, -0.25) is 0 Å². The van der Waals surface area contributed by atoms with Gasteiger partial charge in [0.25, 0.3) is 0 Å². The minimum atomic E-state index is -0.428. The molecule has 0 fully saturated rings. The van der Waals surface area contributed by atoms with E-state index in [0.29, 0.717) is 17.3 Å². The molecule has 19 heavy (non-hydrogen) atoms. The Hall–Kier alpha value is -0.510. The molecule has 108 valence electrons. The largest absolute Gasteiger partial charge is 0.387 e. The second kappa shape index (κ2) is 7.32. The topological polar surface area (TPSA) is 32.3 Å². The van der Waals surface area contributed by atoms with Crippen molar-refractivity contribution < 1.29 is 5.11 Å². The number of aryl methyl sites for hydroxylation is 1. The number of aliphatic hydroxyl groups is 1. The molecule has 1 rings (SSSR count). The molecule has 2 N–H and O–H groups in total. The van der Waals surface area contributed by atoms with Gasteiger partial charge < -0.3 is 10.4 Å².